The summed E-state index contributed by atoms with van der Waals surface area (Å²) in [6, 6.07) is 13.2. The quantitative estimate of drug-likeness (QED) is 0.175. The van der Waals surface area contributed by atoms with E-state index in [9.17, 15) is 4.57 Å². The smallest absolute Gasteiger partial charge is 0.229 e. The van der Waals surface area contributed by atoms with Crippen molar-refractivity contribution < 1.29 is 14.0 Å². The summed E-state index contributed by atoms with van der Waals surface area (Å²) in [6.07, 6.45) is 4.98. The number of ether oxygens (including phenoxy) is 2. The Morgan fingerprint density at radius 1 is 1.00 bits per heavy atom. The fraction of sp³-hybridized carbons (Fsp3) is 0.459. The zero-order chi connectivity index (χ0) is 34.3. The fourth-order valence-electron chi connectivity index (χ4n) is 7.70. The van der Waals surface area contributed by atoms with Crippen molar-refractivity contribution in [3.05, 3.63) is 63.8 Å². The van der Waals surface area contributed by atoms with Gasteiger partial charge in [0.2, 0.25) is 5.95 Å². The van der Waals surface area contributed by atoms with Gasteiger partial charge >= 0.3 is 0 Å². The van der Waals surface area contributed by atoms with Crippen LogP contribution < -0.4 is 25.6 Å². The summed E-state index contributed by atoms with van der Waals surface area (Å²) >= 11 is 3.65. The van der Waals surface area contributed by atoms with E-state index in [1.807, 2.05) is 19.4 Å². The van der Waals surface area contributed by atoms with Gasteiger partial charge in [-0.25, -0.2) is 4.98 Å². The van der Waals surface area contributed by atoms with Crippen molar-refractivity contribution in [1.82, 2.24) is 19.8 Å². The highest BCUT2D eigenvalue weighted by molar-refractivity contribution is 9.10. The third kappa shape index (κ3) is 7.06. The Balaban J connectivity index is 1.14. The molecule has 0 unspecified atom stereocenters. The molecule has 4 aromatic rings. The number of aryl methyl sites for hydroxylation is 1. The number of methoxy groups -OCH3 is 1. The van der Waals surface area contributed by atoms with E-state index >= 15 is 0 Å². The summed E-state index contributed by atoms with van der Waals surface area (Å²) in [7, 11) is 1.23. The molecule has 2 saturated heterocycles. The third-order valence-electron chi connectivity index (χ3n) is 10.2. The lowest BCUT2D eigenvalue weighted by Crippen LogP contribution is -2.52. The van der Waals surface area contributed by atoms with Gasteiger partial charge in [0, 0.05) is 68.6 Å². The zero-order valence-electron chi connectivity index (χ0n) is 29.2. The van der Waals surface area contributed by atoms with Crippen molar-refractivity contribution in [2.24, 2.45) is 0 Å². The molecule has 1 aromatic heterocycles. The standard InChI is InChI=1S/C37H47BrN7O3P/c1-6-24-18-30(33(47-3)20-32(24)45-12-10-27(11-13-45)44-16-14-43(2)15-17-44)41-37-39-21-29(38)36(42-37)40-31-19-26-23-48-22-25-8-7-9-28(34(25)26)35(31)49(4,5)46/h7-9,18-21,27H,6,10-17,22-23H2,1-5H3,(H2,39,40,41,42). The van der Waals surface area contributed by atoms with E-state index in [2.05, 4.69) is 90.6 Å². The van der Waals surface area contributed by atoms with Crippen LogP contribution in [0.4, 0.5) is 28.8 Å². The molecule has 12 heteroatoms. The second-order valence-electron chi connectivity index (χ2n) is 13.8. The van der Waals surface area contributed by atoms with Crippen LogP contribution in [0.5, 0.6) is 5.75 Å². The normalized spacial score (nSPS) is 17.8. The largest absolute Gasteiger partial charge is 0.494 e. The van der Waals surface area contributed by atoms with E-state index in [1.165, 1.54) is 37.2 Å². The van der Waals surface area contributed by atoms with Gasteiger partial charge in [-0.1, -0.05) is 25.1 Å². The number of piperidine rings is 1. The highest BCUT2D eigenvalue weighted by Crippen LogP contribution is 2.45. The van der Waals surface area contributed by atoms with E-state index in [4.69, 9.17) is 14.5 Å². The summed E-state index contributed by atoms with van der Waals surface area (Å²) < 4.78 is 26.3. The van der Waals surface area contributed by atoms with Crippen LogP contribution in [0.15, 0.2) is 47.1 Å². The molecule has 2 N–H and O–H groups in total. The molecule has 0 aliphatic carbocycles. The van der Waals surface area contributed by atoms with Gasteiger partial charge in [0.15, 0.2) is 0 Å². The fourth-order valence-corrected chi connectivity index (χ4v) is 9.45. The molecular formula is C37H47BrN7O3P. The van der Waals surface area contributed by atoms with Crippen LogP contribution in [0.25, 0.3) is 10.8 Å². The number of piperazine rings is 1. The molecule has 3 aliphatic rings. The Hall–Kier alpha value is -3.21. The number of nitrogens with one attached hydrogen (secondary N) is 2. The molecule has 10 nitrogen and oxygen atoms in total. The second-order valence-corrected chi connectivity index (χ2v) is 17.9. The number of halogens is 1. The van der Waals surface area contributed by atoms with Crippen LogP contribution in [-0.2, 0) is 28.9 Å². The molecule has 0 spiro atoms. The van der Waals surface area contributed by atoms with Crippen LogP contribution in [0.3, 0.4) is 0 Å². The average molecular weight is 749 g/mol. The molecule has 2 fully saturated rings. The Kier molecular flexibility index (Phi) is 9.92. The molecule has 4 heterocycles. The van der Waals surface area contributed by atoms with Crippen LogP contribution >= 0.6 is 23.1 Å². The maximum absolute atomic E-state index is 13.8. The van der Waals surface area contributed by atoms with Gasteiger partial charge in [0.05, 0.1) is 36.2 Å². The number of anilines is 5. The number of rotatable bonds is 9. The van der Waals surface area contributed by atoms with Gasteiger partial charge in [0.1, 0.15) is 18.7 Å². The minimum absolute atomic E-state index is 0.428. The maximum Gasteiger partial charge on any atom is 0.229 e. The van der Waals surface area contributed by atoms with Crippen molar-refractivity contribution in [3.63, 3.8) is 0 Å². The van der Waals surface area contributed by atoms with E-state index in [1.54, 1.807) is 13.3 Å². The number of hydrogen-bond acceptors (Lipinski definition) is 10. The van der Waals surface area contributed by atoms with Crippen LogP contribution in [0, 0.1) is 0 Å². The monoisotopic (exact) mass is 747 g/mol. The summed E-state index contributed by atoms with van der Waals surface area (Å²) in [4.78, 5) is 17.1. The van der Waals surface area contributed by atoms with Gasteiger partial charge in [-0.05, 0) is 95.2 Å². The summed E-state index contributed by atoms with van der Waals surface area (Å²) in [5, 5.41) is 9.90. The molecular weight excluding hydrogens is 701 g/mol. The predicted molar refractivity (Wildman–Crippen MR) is 205 cm³/mol. The molecule has 49 heavy (non-hydrogen) atoms. The SMILES string of the molecule is CCc1cc(Nc2ncc(Br)c(Nc3cc4c5c(cccc5c3P(C)(C)=O)COC4)n2)c(OC)cc1N1CCC(N2CCN(C)CC2)CC1. The summed E-state index contributed by atoms with van der Waals surface area (Å²) in [5.41, 5.74) is 6.27. The lowest BCUT2D eigenvalue weighted by Gasteiger charge is -2.43. The van der Waals surface area contributed by atoms with E-state index in [0.717, 1.165) is 76.9 Å². The second kappa shape index (κ2) is 14.2. The lowest BCUT2D eigenvalue weighted by atomic mass is 9.97. The van der Waals surface area contributed by atoms with Crippen molar-refractivity contribution in [2.45, 2.75) is 45.4 Å². The number of likely N-dealkylation sites (N-methyl/N-ethyl adjacent to an activating group) is 1. The number of aromatic nitrogens is 2. The number of benzene rings is 3. The highest BCUT2D eigenvalue weighted by Gasteiger charge is 2.29. The molecule has 0 radical (unpaired) electrons. The Labute approximate surface area is 298 Å². The van der Waals surface area contributed by atoms with Crippen LogP contribution in [0.2, 0.25) is 0 Å². The molecule has 260 valence electrons. The molecule has 0 bridgehead atoms. The lowest BCUT2D eigenvalue weighted by molar-refractivity contribution is 0.0982. The molecule has 0 atom stereocenters. The zero-order valence-corrected chi connectivity index (χ0v) is 31.7. The van der Waals surface area contributed by atoms with Crippen LogP contribution in [-0.4, -0.2) is 92.6 Å². The molecule has 7 rings (SSSR count). The van der Waals surface area contributed by atoms with Crippen molar-refractivity contribution in [1.29, 1.82) is 0 Å². The molecule has 3 aromatic carbocycles. The first-order chi connectivity index (χ1) is 23.6. The minimum Gasteiger partial charge on any atom is -0.494 e. The maximum atomic E-state index is 13.8. The number of hydrogen-bond donors (Lipinski definition) is 2. The Morgan fingerprint density at radius 2 is 1.76 bits per heavy atom. The van der Waals surface area contributed by atoms with Crippen molar-refractivity contribution >= 4 is 68.0 Å². The first-order valence-corrected chi connectivity index (χ1v) is 20.7. The van der Waals surface area contributed by atoms with E-state index in [0.29, 0.717) is 35.5 Å². The van der Waals surface area contributed by atoms with Gasteiger partial charge in [-0.3, -0.25) is 4.90 Å². The molecule has 0 saturated carbocycles. The van der Waals surface area contributed by atoms with Gasteiger partial charge in [-0.15, -0.1) is 0 Å². The molecule has 3 aliphatic heterocycles. The summed E-state index contributed by atoms with van der Waals surface area (Å²) in [6.45, 7) is 13.6. The highest BCUT2D eigenvalue weighted by atomic mass is 79.9. The summed E-state index contributed by atoms with van der Waals surface area (Å²) in [5.74, 6) is 1.75. The average Bonchev–Trinajstić information content (AvgIpc) is 3.09. The first kappa shape index (κ1) is 34.2. The van der Waals surface area contributed by atoms with Gasteiger partial charge < -0.3 is 34.5 Å². The van der Waals surface area contributed by atoms with Gasteiger partial charge in [-0.2, -0.15) is 4.98 Å². The van der Waals surface area contributed by atoms with E-state index in [-0.39, 0.29) is 0 Å². The van der Waals surface area contributed by atoms with Crippen LogP contribution in [0.1, 0.15) is 36.5 Å². The molecule has 0 amide bonds. The predicted octanol–water partition coefficient (Wildman–Crippen LogP) is 6.94. The van der Waals surface area contributed by atoms with Crippen molar-refractivity contribution in [3.8, 4) is 5.75 Å². The first-order valence-electron chi connectivity index (χ1n) is 17.3. The topological polar surface area (TPSA) is 95.1 Å². The Morgan fingerprint density at radius 3 is 2.47 bits per heavy atom. The number of nitrogens with zero attached hydrogens (tertiary/aromatic N) is 5. The third-order valence-corrected chi connectivity index (χ3v) is 12.4. The van der Waals surface area contributed by atoms with Crippen molar-refractivity contribution in [2.75, 3.05) is 82.3 Å². The Bertz CT molecular complexity index is 1900. The van der Waals surface area contributed by atoms with Gasteiger partial charge in [0.25, 0.3) is 0 Å². The minimum atomic E-state index is -2.70. The van der Waals surface area contributed by atoms with E-state index < -0.39 is 7.14 Å².